The van der Waals surface area contributed by atoms with E-state index in [9.17, 15) is 9.59 Å². The number of methoxy groups -OCH3 is 1. The summed E-state index contributed by atoms with van der Waals surface area (Å²) in [6.45, 7) is 2.91. The van der Waals surface area contributed by atoms with Crippen molar-refractivity contribution in [2.45, 2.75) is 6.92 Å². The highest BCUT2D eigenvalue weighted by Gasteiger charge is 2.15. The first-order valence-corrected chi connectivity index (χ1v) is 9.19. The Kier molecular flexibility index (Phi) is 6.73. The van der Waals surface area contributed by atoms with Crippen molar-refractivity contribution in [1.29, 1.82) is 0 Å². The smallest absolute Gasteiger partial charge is 0.331 e. The second-order valence-corrected chi connectivity index (χ2v) is 6.07. The summed E-state index contributed by atoms with van der Waals surface area (Å²) in [7, 11) is 1.56. The molecule has 152 valence electrons. The van der Waals surface area contributed by atoms with Crippen LogP contribution in [0.25, 0.3) is 6.08 Å². The van der Waals surface area contributed by atoms with E-state index in [0.717, 1.165) is 5.56 Å². The van der Waals surface area contributed by atoms with Crippen molar-refractivity contribution in [3.8, 4) is 23.0 Å². The maximum absolute atomic E-state index is 12.3. The van der Waals surface area contributed by atoms with Crippen LogP contribution in [0.15, 0.2) is 42.5 Å². The highest BCUT2D eigenvalue weighted by Crippen LogP contribution is 2.31. The van der Waals surface area contributed by atoms with Crippen molar-refractivity contribution in [3.63, 3.8) is 0 Å². The largest absolute Gasteiger partial charge is 0.493 e. The van der Waals surface area contributed by atoms with Crippen LogP contribution in [0.2, 0.25) is 0 Å². The molecule has 0 unspecified atom stereocenters. The van der Waals surface area contributed by atoms with Gasteiger partial charge in [0.05, 0.1) is 13.7 Å². The molecule has 0 radical (unpaired) electrons. The SMILES string of the molecule is CCOc1cc(/C=C/C(=O)OCC(=O)c2ccc3c(c2)OCCO3)ccc1OC. The summed E-state index contributed by atoms with van der Waals surface area (Å²) in [6.07, 6.45) is 2.84. The Hall–Kier alpha value is -3.48. The second-order valence-electron chi connectivity index (χ2n) is 6.07. The Morgan fingerprint density at radius 3 is 2.59 bits per heavy atom. The van der Waals surface area contributed by atoms with Gasteiger partial charge >= 0.3 is 5.97 Å². The fourth-order valence-electron chi connectivity index (χ4n) is 2.71. The number of ether oxygens (including phenoxy) is 5. The number of Topliss-reactive ketones (excluding diaryl/α,β-unsaturated/α-hetero) is 1. The maximum atomic E-state index is 12.3. The Labute approximate surface area is 168 Å². The van der Waals surface area contributed by atoms with Crippen LogP contribution in [0.5, 0.6) is 23.0 Å². The molecule has 0 bridgehead atoms. The van der Waals surface area contributed by atoms with E-state index < -0.39 is 5.97 Å². The van der Waals surface area contributed by atoms with Gasteiger partial charge in [-0.1, -0.05) is 6.07 Å². The number of hydrogen-bond donors (Lipinski definition) is 0. The van der Waals surface area contributed by atoms with Gasteiger partial charge in [0, 0.05) is 11.6 Å². The monoisotopic (exact) mass is 398 g/mol. The lowest BCUT2D eigenvalue weighted by Gasteiger charge is -2.18. The first-order chi connectivity index (χ1) is 14.1. The van der Waals surface area contributed by atoms with E-state index in [1.807, 2.05) is 6.92 Å². The lowest BCUT2D eigenvalue weighted by Crippen LogP contribution is -2.17. The third-order valence-electron chi connectivity index (χ3n) is 4.11. The average Bonchev–Trinajstić information content (AvgIpc) is 2.76. The summed E-state index contributed by atoms with van der Waals surface area (Å²) in [5, 5.41) is 0. The van der Waals surface area contributed by atoms with Crippen LogP contribution in [-0.4, -0.2) is 45.3 Å². The van der Waals surface area contributed by atoms with E-state index in [-0.39, 0.29) is 12.4 Å². The van der Waals surface area contributed by atoms with Gasteiger partial charge in [0.2, 0.25) is 0 Å². The van der Waals surface area contributed by atoms with Gasteiger partial charge in [-0.05, 0) is 48.9 Å². The normalized spacial score (nSPS) is 12.5. The molecule has 1 aliphatic rings. The Bertz CT molecular complexity index is 917. The molecule has 0 saturated carbocycles. The van der Waals surface area contributed by atoms with Crippen molar-refractivity contribution in [2.24, 2.45) is 0 Å². The average molecular weight is 398 g/mol. The van der Waals surface area contributed by atoms with Crippen LogP contribution in [-0.2, 0) is 9.53 Å². The maximum Gasteiger partial charge on any atom is 0.331 e. The number of rotatable bonds is 8. The van der Waals surface area contributed by atoms with Crippen molar-refractivity contribution in [2.75, 3.05) is 33.5 Å². The molecule has 2 aromatic rings. The number of benzene rings is 2. The summed E-state index contributed by atoms with van der Waals surface area (Å²) in [5.74, 6) is 1.35. The molecule has 1 aliphatic heterocycles. The van der Waals surface area contributed by atoms with Crippen LogP contribution < -0.4 is 18.9 Å². The van der Waals surface area contributed by atoms with E-state index in [4.69, 9.17) is 23.7 Å². The Morgan fingerprint density at radius 2 is 1.83 bits per heavy atom. The lowest BCUT2D eigenvalue weighted by molar-refractivity contribution is -0.136. The summed E-state index contributed by atoms with van der Waals surface area (Å²) in [6, 6.07) is 10.2. The van der Waals surface area contributed by atoms with Crippen molar-refractivity contribution >= 4 is 17.8 Å². The zero-order valence-electron chi connectivity index (χ0n) is 16.3. The first kappa shape index (κ1) is 20.3. The van der Waals surface area contributed by atoms with Gasteiger partial charge in [0.1, 0.15) is 13.2 Å². The number of fused-ring (bicyclic) bond motifs is 1. The molecule has 0 saturated heterocycles. The molecule has 0 N–H and O–H groups in total. The molecule has 3 rings (SSSR count). The van der Waals surface area contributed by atoms with Gasteiger partial charge in [0.15, 0.2) is 35.4 Å². The van der Waals surface area contributed by atoms with Gasteiger partial charge in [-0.15, -0.1) is 0 Å². The molecule has 0 aromatic heterocycles. The third kappa shape index (κ3) is 5.28. The van der Waals surface area contributed by atoms with E-state index in [1.165, 1.54) is 6.08 Å². The molecular weight excluding hydrogens is 376 g/mol. The van der Waals surface area contributed by atoms with Crippen LogP contribution >= 0.6 is 0 Å². The van der Waals surface area contributed by atoms with Gasteiger partial charge in [-0.25, -0.2) is 4.79 Å². The standard InChI is InChI=1S/C22H22O7/c1-3-26-20-12-15(4-7-18(20)25-2)5-9-22(24)29-14-17(23)16-6-8-19-21(13-16)28-11-10-27-19/h4-9,12-13H,3,10-11,14H2,1-2H3/b9-5+. The van der Waals surface area contributed by atoms with Crippen LogP contribution in [0.4, 0.5) is 0 Å². The number of carbonyl (C=O) groups excluding carboxylic acids is 2. The minimum atomic E-state index is -0.621. The first-order valence-electron chi connectivity index (χ1n) is 9.19. The minimum Gasteiger partial charge on any atom is -0.493 e. The molecule has 1 heterocycles. The molecular formula is C22H22O7. The summed E-state index contributed by atoms with van der Waals surface area (Å²) < 4.78 is 26.6. The summed E-state index contributed by atoms with van der Waals surface area (Å²) in [4.78, 5) is 24.2. The number of carbonyl (C=O) groups is 2. The van der Waals surface area contributed by atoms with E-state index >= 15 is 0 Å². The molecule has 0 spiro atoms. The fourth-order valence-corrected chi connectivity index (χ4v) is 2.71. The minimum absolute atomic E-state index is 0.327. The number of ketones is 1. The molecule has 7 heteroatoms. The summed E-state index contributed by atoms with van der Waals surface area (Å²) >= 11 is 0. The topological polar surface area (TPSA) is 80.3 Å². The summed E-state index contributed by atoms with van der Waals surface area (Å²) in [5.41, 5.74) is 1.13. The Balaban J connectivity index is 1.57. The van der Waals surface area contributed by atoms with Crippen molar-refractivity contribution in [1.82, 2.24) is 0 Å². The molecule has 29 heavy (non-hydrogen) atoms. The van der Waals surface area contributed by atoms with E-state index in [0.29, 0.717) is 48.4 Å². The van der Waals surface area contributed by atoms with E-state index in [1.54, 1.807) is 49.6 Å². The van der Waals surface area contributed by atoms with Crippen LogP contribution in [0.1, 0.15) is 22.8 Å². The van der Waals surface area contributed by atoms with E-state index in [2.05, 4.69) is 0 Å². The molecule has 0 atom stereocenters. The van der Waals surface area contributed by atoms with Crippen molar-refractivity contribution in [3.05, 3.63) is 53.6 Å². The van der Waals surface area contributed by atoms with Gasteiger partial charge in [-0.2, -0.15) is 0 Å². The number of esters is 1. The zero-order chi connectivity index (χ0) is 20.6. The lowest BCUT2D eigenvalue weighted by atomic mass is 10.1. The van der Waals surface area contributed by atoms with Crippen LogP contribution in [0.3, 0.4) is 0 Å². The van der Waals surface area contributed by atoms with Crippen molar-refractivity contribution < 1.29 is 33.3 Å². The zero-order valence-corrected chi connectivity index (χ0v) is 16.3. The molecule has 7 nitrogen and oxygen atoms in total. The predicted octanol–water partition coefficient (Wildman–Crippen LogP) is 3.30. The van der Waals surface area contributed by atoms with Gasteiger partial charge in [-0.3, -0.25) is 4.79 Å². The highest BCUT2D eigenvalue weighted by atomic mass is 16.6. The Morgan fingerprint density at radius 1 is 1.03 bits per heavy atom. The highest BCUT2D eigenvalue weighted by molar-refractivity contribution is 5.99. The predicted molar refractivity (Wildman–Crippen MR) is 106 cm³/mol. The molecule has 0 aliphatic carbocycles. The fraction of sp³-hybridized carbons (Fsp3) is 0.273. The molecule has 0 fully saturated rings. The van der Waals surface area contributed by atoms with Gasteiger partial charge in [0.25, 0.3) is 0 Å². The quantitative estimate of drug-likeness (QED) is 0.383. The second kappa shape index (κ2) is 9.64. The number of hydrogen-bond acceptors (Lipinski definition) is 7. The molecule has 2 aromatic carbocycles. The van der Waals surface area contributed by atoms with Gasteiger partial charge < -0.3 is 23.7 Å². The molecule has 0 amide bonds. The van der Waals surface area contributed by atoms with Crippen LogP contribution in [0, 0.1) is 0 Å². The third-order valence-corrected chi connectivity index (χ3v) is 4.11.